The molecule has 0 aliphatic carbocycles. The van der Waals surface area contributed by atoms with Gasteiger partial charge in [-0.15, -0.1) is 0 Å². The molecule has 2 saturated heterocycles. The summed E-state index contributed by atoms with van der Waals surface area (Å²) < 4.78 is 27.8. The van der Waals surface area contributed by atoms with Gasteiger partial charge in [-0.1, -0.05) is 0 Å². The Balaban J connectivity index is 1.63. The van der Waals surface area contributed by atoms with E-state index in [0.717, 1.165) is 34.9 Å². The molecule has 33 heavy (non-hydrogen) atoms. The SMILES string of the molecule is CCCCCCc1ccc(OC(=O)C(OC)c2ccccc2)c(C2(I3CN3)OCCCO2)c1. The number of hydrogen-bond acceptors (Lipinski definition) is 6. The summed E-state index contributed by atoms with van der Waals surface area (Å²) in [4.78, 5) is 13.2. The fourth-order valence-corrected chi connectivity index (χ4v) is 8.52. The van der Waals surface area contributed by atoms with E-state index >= 15 is 0 Å². The number of ether oxygens (including phenoxy) is 4. The molecule has 0 aromatic heterocycles. The summed E-state index contributed by atoms with van der Waals surface area (Å²) in [6.45, 7) is 3.52. The Labute approximate surface area is 204 Å². The van der Waals surface area contributed by atoms with Gasteiger partial charge in [-0.2, -0.15) is 0 Å². The molecular formula is C26H34INO5. The number of aryl methyl sites for hydroxylation is 1. The van der Waals surface area contributed by atoms with Crippen molar-refractivity contribution in [3.05, 3.63) is 65.2 Å². The van der Waals surface area contributed by atoms with E-state index in [1.165, 1.54) is 31.9 Å². The van der Waals surface area contributed by atoms with E-state index in [4.69, 9.17) is 18.9 Å². The van der Waals surface area contributed by atoms with Crippen molar-refractivity contribution >= 4 is 26.1 Å². The van der Waals surface area contributed by atoms with Gasteiger partial charge in [0.05, 0.1) is 0 Å². The van der Waals surface area contributed by atoms with Gasteiger partial charge in [-0.3, -0.25) is 0 Å². The number of carbonyl (C=O) groups is 1. The van der Waals surface area contributed by atoms with E-state index in [2.05, 4.69) is 22.6 Å². The number of unbranched alkanes of at least 4 members (excludes halogenated alkanes) is 3. The molecule has 7 heteroatoms. The van der Waals surface area contributed by atoms with E-state index in [-0.39, 0.29) is 0 Å². The van der Waals surface area contributed by atoms with Crippen LogP contribution >= 0.6 is 20.1 Å². The molecule has 0 saturated carbocycles. The van der Waals surface area contributed by atoms with Gasteiger partial charge in [0.15, 0.2) is 0 Å². The molecule has 2 fully saturated rings. The number of carbonyl (C=O) groups excluding carboxylic acids is 1. The van der Waals surface area contributed by atoms with Gasteiger partial charge in [0.1, 0.15) is 0 Å². The Hall–Kier alpha value is -1.52. The minimum atomic E-state index is -1.70. The molecule has 2 aliphatic rings. The fourth-order valence-electron chi connectivity index (χ4n) is 4.09. The average molecular weight is 567 g/mol. The number of halogens is 1. The van der Waals surface area contributed by atoms with Crippen molar-refractivity contribution in [3.63, 3.8) is 0 Å². The molecule has 0 radical (unpaired) electrons. The van der Waals surface area contributed by atoms with E-state index in [0.29, 0.717) is 19.0 Å². The predicted octanol–water partition coefficient (Wildman–Crippen LogP) is 5.63. The molecule has 0 amide bonds. The summed E-state index contributed by atoms with van der Waals surface area (Å²) in [6.07, 6.45) is 5.88. The van der Waals surface area contributed by atoms with E-state index in [1.807, 2.05) is 36.4 Å². The van der Waals surface area contributed by atoms with Crippen molar-refractivity contribution in [2.45, 2.75) is 55.3 Å². The zero-order chi connectivity index (χ0) is 23.1. The van der Waals surface area contributed by atoms with Gasteiger partial charge in [-0.05, 0) is 0 Å². The van der Waals surface area contributed by atoms with Crippen LogP contribution in [0.25, 0.3) is 0 Å². The Kier molecular flexibility index (Phi) is 8.76. The monoisotopic (exact) mass is 567 g/mol. The van der Waals surface area contributed by atoms with Crippen LogP contribution in [-0.4, -0.2) is 30.8 Å². The van der Waals surface area contributed by atoms with Gasteiger partial charge < -0.3 is 0 Å². The van der Waals surface area contributed by atoms with Crippen molar-refractivity contribution < 1.29 is 23.7 Å². The summed E-state index contributed by atoms with van der Waals surface area (Å²) in [7, 11) is 1.52. The van der Waals surface area contributed by atoms with Crippen LogP contribution in [0.4, 0.5) is 0 Å². The average Bonchev–Trinajstić information content (AvgIpc) is 3.70. The third-order valence-electron chi connectivity index (χ3n) is 5.88. The van der Waals surface area contributed by atoms with Gasteiger partial charge in [0, 0.05) is 0 Å². The number of rotatable bonds is 11. The minimum absolute atomic E-state index is 0.445. The Morgan fingerprint density at radius 2 is 1.88 bits per heavy atom. The van der Waals surface area contributed by atoms with E-state index in [9.17, 15) is 4.79 Å². The molecule has 180 valence electrons. The first kappa shape index (κ1) is 24.6. The van der Waals surface area contributed by atoms with Gasteiger partial charge in [0.25, 0.3) is 0 Å². The maximum atomic E-state index is 13.2. The van der Waals surface area contributed by atoms with Gasteiger partial charge in [0.2, 0.25) is 0 Å². The Morgan fingerprint density at radius 1 is 1.12 bits per heavy atom. The molecule has 2 aromatic rings. The normalized spacial score (nSPS) is 19.2. The molecule has 4 rings (SSSR count). The van der Waals surface area contributed by atoms with Crippen molar-refractivity contribution in [2.24, 2.45) is 0 Å². The first-order chi connectivity index (χ1) is 16.2. The number of alkyl halides is 2. The third-order valence-corrected chi connectivity index (χ3v) is 10.3. The van der Waals surface area contributed by atoms with E-state index < -0.39 is 36.0 Å². The molecule has 0 bridgehead atoms. The quantitative estimate of drug-likeness (QED) is 0.0555. The van der Waals surface area contributed by atoms with Crippen LogP contribution in [-0.2, 0) is 29.2 Å². The fraction of sp³-hybridized carbons (Fsp3) is 0.500. The summed E-state index contributed by atoms with van der Waals surface area (Å²) in [5.41, 5.74) is 2.84. The molecule has 2 heterocycles. The van der Waals surface area contributed by atoms with Crippen LogP contribution in [0, 0.1) is 0 Å². The number of nitrogens with one attached hydrogen (secondary N) is 1. The standard InChI is InChI=1S/C26H34INO5/c1-3-4-5-7-11-20-14-15-23(33-25(29)24(30-2)21-12-8-6-9-13-21)22(18-20)26(27-19-28-27)31-16-10-17-32-26/h6,8-9,12-15,18,24,28H,3-5,7,10-11,16-17,19H2,1-2H3. The van der Waals surface area contributed by atoms with Crippen molar-refractivity contribution in [2.75, 3.05) is 24.9 Å². The van der Waals surface area contributed by atoms with Crippen molar-refractivity contribution in [1.29, 1.82) is 0 Å². The second kappa shape index (κ2) is 11.8. The number of esters is 1. The predicted molar refractivity (Wildman–Crippen MR) is 136 cm³/mol. The summed E-state index contributed by atoms with van der Waals surface area (Å²) in [6, 6.07) is 15.5. The molecule has 2 aliphatic heterocycles. The maximum absolute atomic E-state index is 13.2. The first-order valence-corrected chi connectivity index (χ1v) is 15.5. The zero-order valence-electron chi connectivity index (χ0n) is 19.5. The number of methoxy groups -OCH3 is 1. The molecule has 0 spiro atoms. The molecular weight excluding hydrogens is 533 g/mol. The van der Waals surface area contributed by atoms with Crippen LogP contribution < -0.4 is 8.27 Å². The summed E-state index contributed by atoms with van der Waals surface area (Å²) in [5.74, 6) is 0.0577. The number of benzene rings is 2. The van der Waals surface area contributed by atoms with Crippen LogP contribution in [0.1, 0.15) is 61.8 Å². The second-order valence-corrected chi connectivity index (χ2v) is 13.3. The molecule has 6 nitrogen and oxygen atoms in total. The summed E-state index contributed by atoms with van der Waals surface area (Å²) >= 11 is -1.70. The molecule has 2 aromatic carbocycles. The van der Waals surface area contributed by atoms with Crippen LogP contribution in [0.3, 0.4) is 0 Å². The Morgan fingerprint density at radius 3 is 2.55 bits per heavy atom. The molecule has 1 N–H and O–H groups in total. The number of hydrogen-bond donors (Lipinski definition) is 1. The first-order valence-electron chi connectivity index (χ1n) is 11.8. The summed E-state index contributed by atoms with van der Waals surface area (Å²) in [5, 5.41) is 0. The van der Waals surface area contributed by atoms with Crippen LogP contribution in [0.2, 0.25) is 0 Å². The van der Waals surface area contributed by atoms with Crippen LogP contribution in [0.15, 0.2) is 48.5 Å². The Bertz CT molecular complexity index is 912. The molecule has 1 unspecified atom stereocenters. The van der Waals surface area contributed by atoms with Crippen molar-refractivity contribution in [1.82, 2.24) is 3.53 Å². The second-order valence-electron chi connectivity index (χ2n) is 8.30. The zero-order valence-corrected chi connectivity index (χ0v) is 21.6. The third kappa shape index (κ3) is 5.95. The van der Waals surface area contributed by atoms with Crippen LogP contribution in [0.5, 0.6) is 5.75 Å². The van der Waals surface area contributed by atoms with E-state index in [1.54, 1.807) is 0 Å². The topological polar surface area (TPSA) is 75.9 Å². The molecule has 1 atom stereocenters. The van der Waals surface area contributed by atoms with Gasteiger partial charge in [-0.25, -0.2) is 0 Å². The van der Waals surface area contributed by atoms with Gasteiger partial charge >= 0.3 is 205 Å². The van der Waals surface area contributed by atoms with Crippen molar-refractivity contribution in [3.8, 4) is 5.75 Å².